The Bertz CT molecular complexity index is 1100. The van der Waals surface area contributed by atoms with Gasteiger partial charge in [-0.15, -0.1) is 0 Å². The molecule has 0 aliphatic rings. The van der Waals surface area contributed by atoms with Crippen molar-refractivity contribution < 1.29 is 35.9 Å². The number of carbonyl (C=O) groups is 2. The second-order valence-electron chi connectivity index (χ2n) is 7.99. The first-order valence-electron chi connectivity index (χ1n) is 10.3. The summed E-state index contributed by atoms with van der Waals surface area (Å²) in [5, 5.41) is 3.91. The number of benzene rings is 2. The summed E-state index contributed by atoms with van der Waals surface area (Å²) < 4.78 is 77.6. The molecule has 2 aromatic carbocycles. The van der Waals surface area contributed by atoms with Gasteiger partial charge in [0.05, 0.1) is 5.92 Å². The highest BCUT2D eigenvalue weighted by molar-refractivity contribution is 6.35. The number of nitrogens with one attached hydrogen (secondary N) is 2. The molecule has 2 rings (SSSR count). The maximum atomic E-state index is 13.7. The van der Waals surface area contributed by atoms with E-state index in [0.29, 0.717) is 27.8 Å². The molecular formula is C24H23ClF6N2O2. The Kier molecular flexibility index (Phi) is 9.00. The molecule has 0 aliphatic heterocycles. The fourth-order valence-corrected chi connectivity index (χ4v) is 3.45. The van der Waals surface area contributed by atoms with Crippen LogP contribution in [0.3, 0.4) is 0 Å². The van der Waals surface area contributed by atoms with Gasteiger partial charge in [0.2, 0.25) is 0 Å². The van der Waals surface area contributed by atoms with Crippen LogP contribution in [0.1, 0.15) is 39.3 Å². The van der Waals surface area contributed by atoms with E-state index in [9.17, 15) is 35.9 Å². The summed E-state index contributed by atoms with van der Waals surface area (Å²) in [7, 11) is 0. The number of amides is 2. The zero-order valence-corrected chi connectivity index (χ0v) is 19.8. The van der Waals surface area contributed by atoms with Crippen LogP contribution >= 0.6 is 11.6 Å². The van der Waals surface area contributed by atoms with E-state index < -0.39 is 36.6 Å². The molecule has 1 unspecified atom stereocenters. The highest BCUT2D eigenvalue weighted by Gasteiger charge is 2.39. The van der Waals surface area contributed by atoms with Crippen LogP contribution in [0.2, 0.25) is 5.02 Å². The maximum absolute atomic E-state index is 13.7. The first kappa shape index (κ1) is 28.2. The van der Waals surface area contributed by atoms with Gasteiger partial charge < -0.3 is 10.6 Å². The summed E-state index contributed by atoms with van der Waals surface area (Å²) in [4.78, 5) is 23.1. The van der Waals surface area contributed by atoms with Crippen LogP contribution in [0.15, 0.2) is 36.4 Å². The van der Waals surface area contributed by atoms with Gasteiger partial charge in [0.25, 0.3) is 0 Å². The second-order valence-corrected chi connectivity index (χ2v) is 8.40. The highest BCUT2D eigenvalue weighted by Crippen LogP contribution is 2.38. The Hall–Kier alpha value is -3.01. The topological polar surface area (TPSA) is 58.2 Å². The summed E-state index contributed by atoms with van der Waals surface area (Å²) in [5.74, 6) is -4.55. The molecule has 35 heavy (non-hydrogen) atoms. The SMILES string of the molecule is Cc1cc(/C=C/C(c2cc(C)c(C)c(Cl)c2)C(F)(F)F)ccc1CNC(=O)C(=O)NCC(F)(F)F. The number of allylic oxidation sites excluding steroid dienone is 1. The molecule has 2 aromatic rings. The Morgan fingerprint density at radius 2 is 1.57 bits per heavy atom. The van der Waals surface area contributed by atoms with E-state index in [1.165, 1.54) is 29.6 Å². The molecule has 0 saturated carbocycles. The Balaban J connectivity index is 2.13. The Morgan fingerprint density at radius 3 is 2.11 bits per heavy atom. The number of alkyl halides is 6. The Labute approximate surface area is 203 Å². The summed E-state index contributed by atoms with van der Waals surface area (Å²) in [6, 6.07) is 7.40. The van der Waals surface area contributed by atoms with Gasteiger partial charge in [-0.3, -0.25) is 9.59 Å². The molecule has 0 saturated heterocycles. The molecule has 0 spiro atoms. The molecule has 0 aromatic heterocycles. The van der Waals surface area contributed by atoms with E-state index in [1.807, 2.05) is 0 Å². The van der Waals surface area contributed by atoms with Gasteiger partial charge in [-0.2, -0.15) is 26.3 Å². The van der Waals surface area contributed by atoms with E-state index in [0.717, 1.165) is 6.08 Å². The van der Waals surface area contributed by atoms with Gasteiger partial charge in [0.15, 0.2) is 0 Å². The molecule has 0 fully saturated rings. The summed E-state index contributed by atoms with van der Waals surface area (Å²) >= 11 is 6.08. The summed E-state index contributed by atoms with van der Waals surface area (Å²) in [5.41, 5.74) is 2.96. The molecule has 2 amide bonds. The second kappa shape index (κ2) is 11.2. The molecule has 0 radical (unpaired) electrons. The minimum atomic E-state index is -4.65. The van der Waals surface area contributed by atoms with Crippen LogP contribution in [0.5, 0.6) is 0 Å². The van der Waals surface area contributed by atoms with Crippen LogP contribution in [-0.2, 0) is 16.1 Å². The molecule has 0 aliphatic carbocycles. The van der Waals surface area contributed by atoms with Crippen molar-refractivity contribution in [3.63, 3.8) is 0 Å². The third-order valence-electron chi connectivity index (χ3n) is 5.28. The standard InChI is InChI=1S/C24H23ClF6N2O2/c1-13-9-18(10-20(25)15(13)3)19(24(29,30)31)7-5-16-4-6-17(14(2)8-16)11-32-21(34)22(35)33-12-23(26,27)28/h4-10,19H,11-12H2,1-3H3,(H,32,34)(H,33,35)/b7-5+. The highest BCUT2D eigenvalue weighted by atomic mass is 35.5. The summed E-state index contributed by atoms with van der Waals surface area (Å²) in [6.45, 7) is 3.27. The number of hydrogen-bond donors (Lipinski definition) is 2. The number of rotatable bonds is 6. The lowest BCUT2D eigenvalue weighted by atomic mass is 9.93. The van der Waals surface area contributed by atoms with Crippen molar-refractivity contribution in [3.8, 4) is 0 Å². The number of aryl methyl sites for hydroxylation is 2. The molecular weight excluding hydrogens is 498 g/mol. The van der Waals surface area contributed by atoms with E-state index in [1.54, 1.807) is 32.9 Å². The van der Waals surface area contributed by atoms with Crippen LogP contribution in [0.25, 0.3) is 6.08 Å². The molecule has 1 atom stereocenters. The number of carbonyl (C=O) groups excluding carboxylic acids is 2. The predicted molar refractivity (Wildman–Crippen MR) is 121 cm³/mol. The van der Waals surface area contributed by atoms with Gasteiger partial charge in [-0.05, 0) is 60.2 Å². The third-order valence-corrected chi connectivity index (χ3v) is 5.67. The lowest BCUT2D eigenvalue weighted by molar-refractivity contribution is -0.146. The van der Waals surface area contributed by atoms with Crippen molar-refractivity contribution >= 4 is 29.5 Å². The minimum absolute atomic E-state index is 0.0155. The number of halogens is 7. The van der Waals surface area contributed by atoms with Crippen molar-refractivity contribution in [2.75, 3.05) is 6.54 Å². The van der Waals surface area contributed by atoms with Crippen molar-refractivity contribution in [2.24, 2.45) is 0 Å². The smallest absolute Gasteiger partial charge is 0.344 e. The van der Waals surface area contributed by atoms with E-state index >= 15 is 0 Å². The molecule has 2 N–H and O–H groups in total. The fourth-order valence-electron chi connectivity index (χ4n) is 3.18. The average Bonchev–Trinajstić information content (AvgIpc) is 2.73. The lowest BCUT2D eigenvalue weighted by Gasteiger charge is -2.19. The van der Waals surface area contributed by atoms with Gasteiger partial charge >= 0.3 is 24.2 Å². The zero-order valence-electron chi connectivity index (χ0n) is 19.0. The van der Waals surface area contributed by atoms with Gasteiger partial charge in [-0.25, -0.2) is 0 Å². The van der Waals surface area contributed by atoms with Crippen LogP contribution < -0.4 is 10.6 Å². The maximum Gasteiger partial charge on any atom is 0.405 e. The van der Waals surface area contributed by atoms with Crippen LogP contribution in [-0.4, -0.2) is 30.7 Å². The third kappa shape index (κ3) is 8.31. The monoisotopic (exact) mass is 520 g/mol. The average molecular weight is 521 g/mol. The lowest BCUT2D eigenvalue weighted by Crippen LogP contribution is -2.43. The van der Waals surface area contributed by atoms with Crippen molar-refractivity contribution in [2.45, 2.75) is 45.6 Å². The van der Waals surface area contributed by atoms with E-state index in [2.05, 4.69) is 5.32 Å². The first-order valence-corrected chi connectivity index (χ1v) is 10.7. The van der Waals surface area contributed by atoms with Crippen molar-refractivity contribution in [3.05, 3.63) is 74.8 Å². The van der Waals surface area contributed by atoms with E-state index in [4.69, 9.17) is 11.6 Å². The normalized spacial score (nSPS) is 13.1. The largest absolute Gasteiger partial charge is 0.405 e. The molecule has 11 heteroatoms. The molecule has 0 bridgehead atoms. The van der Waals surface area contributed by atoms with E-state index in [-0.39, 0.29) is 17.1 Å². The fraction of sp³-hybridized carbons (Fsp3) is 0.333. The van der Waals surface area contributed by atoms with Crippen LogP contribution in [0.4, 0.5) is 26.3 Å². The van der Waals surface area contributed by atoms with Crippen LogP contribution in [0, 0.1) is 20.8 Å². The molecule has 4 nitrogen and oxygen atoms in total. The van der Waals surface area contributed by atoms with Crippen molar-refractivity contribution in [1.82, 2.24) is 10.6 Å². The van der Waals surface area contributed by atoms with Crippen molar-refractivity contribution in [1.29, 1.82) is 0 Å². The zero-order chi connectivity index (χ0) is 26.6. The molecule has 0 heterocycles. The summed E-state index contributed by atoms with van der Waals surface area (Å²) in [6.07, 6.45) is -6.85. The quantitative estimate of drug-likeness (QED) is 0.367. The minimum Gasteiger partial charge on any atom is -0.344 e. The molecule has 190 valence electrons. The predicted octanol–water partition coefficient (Wildman–Crippen LogP) is 5.92. The van der Waals surface area contributed by atoms with Gasteiger partial charge in [0.1, 0.15) is 6.54 Å². The number of hydrogen-bond acceptors (Lipinski definition) is 2. The van der Waals surface area contributed by atoms with Gasteiger partial charge in [-0.1, -0.05) is 48.0 Å². The Morgan fingerprint density at radius 1 is 0.943 bits per heavy atom. The van der Waals surface area contributed by atoms with Gasteiger partial charge in [0, 0.05) is 11.6 Å². The first-order chi connectivity index (χ1) is 16.1.